The number of methoxy groups -OCH3 is 1. The molecule has 0 bridgehead atoms. The number of thiazole rings is 1. The first kappa shape index (κ1) is 19.6. The molecule has 1 saturated carbocycles. The Balaban J connectivity index is 1.41. The molecule has 0 saturated heterocycles. The Morgan fingerprint density at radius 2 is 1.90 bits per heavy atom. The Morgan fingerprint density at radius 3 is 2.52 bits per heavy atom. The van der Waals surface area contributed by atoms with Gasteiger partial charge in [0.25, 0.3) is 0 Å². The van der Waals surface area contributed by atoms with E-state index >= 15 is 0 Å². The van der Waals surface area contributed by atoms with Crippen molar-refractivity contribution in [1.82, 2.24) is 10.3 Å². The molecule has 1 fully saturated rings. The van der Waals surface area contributed by atoms with Gasteiger partial charge in [0.2, 0.25) is 5.91 Å². The number of carbonyl (C=O) groups excluding carboxylic acids is 1. The molecule has 1 unspecified atom stereocenters. The molecule has 4 nitrogen and oxygen atoms in total. The maximum absolute atomic E-state index is 12.7. The smallest absolute Gasteiger partial charge is 0.226 e. The third-order valence-corrected chi connectivity index (χ3v) is 6.33. The number of aromatic nitrogens is 1. The van der Waals surface area contributed by atoms with Crippen LogP contribution in [0.5, 0.6) is 5.75 Å². The lowest BCUT2D eigenvalue weighted by atomic mass is 10.0. The van der Waals surface area contributed by atoms with Gasteiger partial charge in [0.05, 0.1) is 25.3 Å². The van der Waals surface area contributed by atoms with Crippen LogP contribution in [-0.4, -0.2) is 18.0 Å². The zero-order valence-electron chi connectivity index (χ0n) is 16.9. The standard InChI is InChI=1S/C24H26N2O2S/c1-3-16-4-6-19(7-5-16)24-25-20(15-29-24)14-22(27)26-23(17-8-9-17)18-10-12-21(28-2)13-11-18/h4-7,10-13,15,17,23H,3,8-9,14H2,1-2H3,(H,26,27). The number of nitrogens with zero attached hydrogens (tertiary/aromatic N) is 1. The van der Waals surface area contributed by atoms with Crippen LogP contribution in [0, 0.1) is 5.92 Å². The molecule has 150 valence electrons. The second kappa shape index (κ2) is 8.78. The van der Waals surface area contributed by atoms with E-state index in [0.717, 1.165) is 46.8 Å². The van der Waals surface area contributed by atoms with Crippen molar-refractivity contribution < 1.29 is 9.53 Å². The van der Waals surface area contributed by atoms with E-state index in [2.05, 4.69) is 41.5 Å². The molecule has 2 aromatic carbocycles. The Labute approximate surface area is 176 Å². The molecule has 29 heavy (non-hydrogen) atoms. The first-order valence-electron chi connectivity index (χ1n) is 10.1. The molecule has 3 aromatic rings. The van der Waals surface area contributed by atoms with Gasteiger partial charge in [-0.2, -0.15) is 0 Å². The van der Waals surface area contributed by atoms with Crippen molar-refractivity contribution in [1.29, 1.82) is 0 Å². The summed E-state index contributed by atoms with van der Waals surface area (Å²) in [5.74, 6) is 1.38. The monoisotopic (exact) mass is 406 g/mol. The van der Waals surface area contributed by atoms with Gasteiger partial charge >= 0.3 is 0 Å². The maximum atomic E-state index is 12.7. The summed E-state index contributed by atoms with van der Waals surface area (Å²) in [6.45, 7) is 2.15. The average Bonchev–Trinajstić information content (AvgIpc) is 3.50. The van der Waals surface area contributed by atoms with Crippen LogP contribution in [0.25, 0.3) is 10.6 Å². The van der Waals surface area contributed by atoms with Gasteiger partial charge in [-0.05, 0) is 48.4 Å². The van der Waals surface area contributed by atoms with Crippen LogP contribution in [0.3, 0.4) is 0 Å². The van der Waals surface area contributed by atoms with Crippen molar-refractivity contribution in [2.75, 3.05) is 7.11 Å². The first-order valence-corrected chi connectivity index (χ1v) is 11.0. The van der Waals surface area contributed by atoms with Crippen LogP contribution in [0.15, 0.2) is 53.9 Å². The average molecular weight is 407 g/mol. The second-order valence-electron chi connectivity index (χ2n) is 7.53. The lowest BCUT2D eigenvalue weighted by molar-refractivity contribution is -0.121. The number of hydrogen-bond acceptors (Lipinski definition) is 4. The van der Waals surface area contributed by atoms with Crippen LogP contribution < -0.4 is 10.1 Å². The highest BCUT2D eigenvalue weighted by atomic mass is 32.1. The van der Waals surface area contributed by atoms with Gasteiger partial charge in [0.15, 0.2) is 0 Å². The van der Waals surface area contributed by atoms with E-state index in [0.29, 0.717) is 12.3 Å². The van der Waals surface area contributed by atoms with Crippen LogP contribution in [0.1, 0.15) is 42.6 Å². The summed E-state index contributed by atoms with van der Waals surface area (Å²) in [5, 5.41) is 6.18. The predicted octanol–water partition coefficient (Wildman–Crippen LogP) is 5.19. The van der Waals surface area contributed by atoms with Crippen molar-refractivity contribution >= 4 is 17.2 Å². The molecular weight excluding hydrogens is 380 g/mol. The van der Waals surface area contributed by atoms with Gasteiger partial charge in [-0.15, -0.1) is 11.3 Å². The van der Waals surface area contributed by atoms with Crippen molar-refractivity contribution in [3.63, 3.8) is 0 Å². The number of hydrogen-bond donors (Lipinski definition) is 1. The number of rotatable bonds is 8. The van der Waals surface area contributed by atoms with E-state index in [-0.39, 0.29) is 11.9 Å². The molecule has 1 aliphatic rings. The zero-order chi connectivity index (χ0) is 20.2. The van der Waals surface area contributed by atoms with E-state index in [4.69, 9.17) is 4.74 Å². The molecule has 1 atom stereocenters. The summed E-state index contributed by atoms with van der Waals surface area (Å²) in [7, 11) is 1.66. The van der Waals surface area contributed by atoms with Crippen LogP contribution in [0.2, 0.25) is 0 Å². The number of carbonyl (C=O) groups is 1. The lowest BCUT2D eigenvalue weighted by Crippen LogP contribution is -2.31. The molecular formula is C24H26N2O2S. The molecule has 1 amide bonds. The minimum atomic E-state index is 0.0240. The summed E-state index contributed by atoms with van der Waals surface area (Å²) in [6.07, 6.45) is 3.65. The number of aryl methyl sites for hydroxylation is 1. The molecule has 1 aliphatic carbocycles. The molecule has 4 rings (SSSR count). The Morgan fingerprint density at radius 1 is 1.17 bits per heavy atom. The fourth-order valence-corrected chi connectivity index (χ4v) is 4.33. The topological polar surface area (TPSA) is 51.2 Å². The maximum Gasteiger partial charge on any atom is 0.226 e. The second-order valence-corrected chi connectivity index (χ2v) is 8.39. The van der Waals surface area contributed by atoms with Crippen molar-refractivity contribution in [2.24, 2.45) is 5.92 Å². The largest absolute Gasteiger partial charge is 0.497 e. The van der Waals surface area contributed by atoms with Crippen molar-refractivity contribution in [2.45, 2.75) is 38.6 Å². The van der Waals surface area contributed by atoms with E-state index in [1.165, 1.54) is 5.56 Å². The van der Waals surface area contributed by atoms with Gasteiger partial charge in [-0.3, -0.25) is 4.79 Å². The van der Waals surface area contributed by atoms with Crippen LogP contribution >= 0.6 is 11.3 Å². The predicted molar refractivity (Wildman–Crippen MR) is 117 cm³/mol. The third-order valence-electron chi connectivity index (χ3n) is 5.39. The normalized spacial score (nSPS) is 14.4. The molecule has 1 heterocycles. The van der Waals surface area contributed by atoms with Crippen molar-refractivity contribution in [3.8, 4) is 16.3 Å². The highest BCUT2D eigenvalue weighted by Gasteiger charge is 2.33. The molecule has 0 aliphatic heterocycles. The minimum Gasteiger partial charge on any atom is -0.497 e. The van der Waals surface area contributed by atoms with E-state index in [1.807, 2.05) is 29.6 Å². The van der Waals surface area contributed by atoms with E-state index in [1.54, 1.807) is 18.4 Å². The van der Waals surface area contributed by atoms with E-state index in [9.17, 15) is 4.79 Å². The van der Waals surface area contributed by atoms with Gasteiger partial charge in [-0.25, -0.2) is 4.98 Å². The molecule has 5 heteroatoms. The van der Waals surface area contributed by atoms with Crippen LogP contribution in [-0.2, 0) is 17.6 Å². The summed E-state index contributed by atoms with van der Waals surface area (Å²) in [6, 6.07) is 16.5. The summed E-state index contributed by atoms with van der Waals surface area (Å²) in [4.78, 5) is 17.4. The lowest BCUT2D eigenvalue weighted by Gasteiger charge is -2.19. The number of nitrogens with one attached hydrogen (secondary N) is 1. The van der Waals surface area contributed by atoms with Gasteiger partial charge in [0.1, 0.15) is 10.8 Å². The highest BCUT2D eigenvalue weighted by molar-refractivity contribution is 7.13. The zero-order valence-corrected chi connectivity index (χ0v) is 17.7. The Bertz CT molecular complexity index is 959. The SMILES string of the molecule is CCc1ccc(-c2nc(CC(=O)NC(c3ccc(OC)cc3)C3CC3)cs2)cc1. The van der Waals surface area contributed by atoms with Gasteiger partial charge in [0, 0.05) is 10.9 Å². The highest BCUT2D eigenvalue weighted by Crippen LogP contribution is 2.41. The van der Waals surface area contributed by atoms with Crippen LogP contribution in [0.4, 0.5) is 0 Å². The Hall–Kier alpha value is -2.66. The summed E-state index contributed by atoms with van der Waals surface area (Å²) < 4.78 is 5.24. The molecule has 1 N–H and O–H groups in total. The molecule has 1 aromatic heterocycles. The summed E-state index contributed by atoms with van der Waals surface area (Å²) in [5.41, 5.74) is 4.38. The van der Waals surface area contributed by atoms with Gasteiger partial charge < -0.3 is 10.1 Å². The quantitative estimate of drug-likeness (QED) is 0.560. The molecule has 0 spiro atoms. The number of amides is 1. The minimum absolute atomic E-state index is 0.0240. The summed E-state index contributed by atoms with van der Waals surface area (Å²) >= 11 is 1.59. The third kappa shape index (κ3) is 4.85. The number of ether oxygens (including phenoxy) is 1. The number of benzene rings is 2. The van der Waals surface area contributed by atoms with Gasteiger partial charge in [-0.1, -0.05) is 43.3 Å². The fourth-order valence-electron chi connectivity index (χ4n) is 3.51. The van der Waals surface area contributed by atoms with E-state index < -0.39 is 0 Å². The van der Waals surface area contributed by atoms with Crippen molar-refractivity contribution in [3.05, 3.63) is 70.7 Å². The Kier molecular flexibility index (Phi) is 5.95. The molecule has 0 radical (unpaired) electrons. The first-order chi connectivity index (χ1) is 14.2. The fraction of sp³-hybridized carbons (Fsp3) is 0.333.